The molecule has 0 fully saturated rings. The van der Waals surface area contributed by atoms with Crippen LogP contribution in [0.5, 0.6) is 0 Å². The van der Waals surface area contributed by atoms with E-state index in [0.29, 0.717) is 0 Å². The zero-order valence-corrected chi connectivity index (χ0v) is 9.58. The van der Waals surface area contributed by atoms with E-state index in [9.17, 15) is 0 Å². The lowest BCUT2D eigenvalue weighted by molar-refractivity contribution is -0.201. The summed E-state index contributed by atoms with van der Waals surface area (Å²) in [5.74, 6) is 0. The van der Waals surface area contributed by atoms with Crippen molar-refractivity contribution < 1.29 is 9.47 Å². The minimum absolute atomic E-state index is 0.0394. The second-order valence-electron chi connectivity index (χ2n) is 4.11. The van der Waals surface area contributed by atoms with Crippen LogP contribution in [0.25, 0.3) is 0 Å². The normalized spacial score (nSPS) is 27.1. The van der Waals surface area contributed by atoms with Gasteiger partial charge in [-0.3, -0.25) is 0 Å². The van der Waals surface area contributed by atoms with Crippen LogP contribution in [0.2, 0.25) is 0 Å². The fourth-order valence-corrected chi connectivity index (χ4v) is 1.95. The van der Waals surface area contributed by atoms with Crippen molar-refractivity contribution in [1.29, 1.82) is 0 Å². The quantitative estimate of drug-likeness (QED) is 0.499. The monoisotopic (exact) mass is 198 g/mol. The van der Waals surface area contributed by atoms with E-state index in [-0.39, 0.29) is 11.7 Å². The Labute approximate surface area is 87.3 Å². The second-order valence-corrected chi connectivity index (χ2v) is 4.11. The van der Waals surface area contributed by atoms with E-state index in [0.717, 1.165) is 32.5 Å². The molecule has 1 aliphatic carbocycles. The van der Waals surface area contributed by atoms with Gasteiger partial charge in [-0.2, -0.15) is 0 Å². The van der Waals surface area contributed by atoms with E-state index < -0.39 is 0 Å². The molecule has 0 aromatic heterocycles. The first-order valence-electron chi connectivity index (χ1n) is 5.61. The summed E-state index contributed by atoms with van der Waals surface area (Å²) >= 11 is 0. The van der Waals surface area contributed by atoms with Crippen molar-refractivity contribution in [2.75, 3.05) is 13.2 Å². The number of hydrogen-bond donors (Lipinski definition) is 0. The molecule has 0 N–H and O–H groups in total. The van der Waals surface area contributed by atoms with Gasteiger partial charge in [-0.15, -0.1) is 0 Å². The fraction of sp³-hybridized carbons (Fsp3) is 0.833. The van der Waals surface area contributed by atoms with Crippen LogP contribution in [0, 0.1) is 5.41 Å². The van der Waals surface area contributed by atoms with Crippen LogP contribution >= 0.6 is 0 Å². The predicted molar refractivity (Wildman–Crippen MR) is 58.1 cm³/mol. The average molecular weight is 198 g/mol. The van der Waals surface area contributed by atoms with E-state index in [1.807, 2.05) is 13.8 Å². The minimum Gasteiger partial charge on any atom is -0.352 e. The lowest BCUT2D eigenvalue weighted by Crippen LogP contribution is -2.37. The molecule has 0 saturated heterocycles. The van der Waals surface area contributed by atoms with Gasteiger partial charge in [0, 0.05) is 18.6 Å². The number of ether oxygens (including phenoxy) is 2. The molecular weight excluding hydrogens is 176 g/mol. The molecule has 0 aromatic carbocycles. The maximum atomic E-state index is 5.67. The van der Waals surface area contributed by atoms with E-state index in [1.165, 1.54) is 0 Å². The zero-order valence-electron chi connectivity index (χ0n) is 9.58. The molecule has 2 heteroatoms. The van der Waals surface area contributed by atoms with Crippen LogP contribution in [-0.2, 0) is 9.47 Å². The lowest BCUT2D eigenvalue weighted by Gasteiger charge is -2.37. The highest BCUT2D eigenvalue weighted by atomic mass is 16.7. The molecule has 1 unspecified atom stereocenters. The molecule has 0 aliphatic heterocycles. The Morgan fingerprint density at radius 3 is 2.29 bits per heavy atom. The van der Waals surface area contributed by atoms with Crippen molar-refractivity contribution in [2.24, 2.45) is 5.41 Å². The largest absolute Gasteiger partial charge is 0.352 e. The topological polar surface area (TPSA) is 18.5 Å². The van der Waals surface area contributed by atoms with Gasteiger partial charge in [0.2, 0.25) is 0 Å². The summed E-state index contributed by atoms with van der Waals surface area (Å²) in [4.78, 5) is 0. The van der Waals surface area contributed by atoms with E-state index >= 15 is 0 Å². The summed E-state index contributed by atoms with van der Waals surface area (Å²) in [6.45, 7) is 7.75. The van der Waals surface area contributed by atoms with Crippen molar-refractivity contribution in [3.8, 4) is 0 Å². The third-order valence-electron chi connectivity index (χ3n) is 2.84. The van der Waals surface area contributed by atoms with Crippen LogP contribution in [0.3, 0.4) is 0 Å². The zero-order chi connectivity index (χ0) is 10.4. The molecule has 0 spiro atoms. The third kappa shape index (κ3) is 2.82. The first-order valence-corrected chi connectivity index (χ1v) is 5.61. The summed E-state index contributed by atoms with van der Waals surface area (Å²) in [5, 5.41) is 0. The van der Waals surface area contributed by atoms with Gasteiger partial charge in [-0.25, -0.2) is 0 Å². The first kappa shape index (κ1) is 11.7. The first-order chi connectivity index (χ1) is 6.73. The van der Waals surface area contributed by atoms with Gasteiger partial charge in [0.05, 0.1) is 0 Å². The molecule has 0 bridgehead atoms. The van der Waals surface area contributed by atoms with Crippen molar-refractivity contribution >= 4 is 0 Å². The molecule has 2 nitrogen and oxygen atoms in total. The van der Waals surface area contributed by atoms with Gasteiger partial charge in [-0.05, 0) is 33.1 Å². The standard InChI is InChI=1S/C12H22O2/c1-4-13-11(14-5-2)12(3)9-7-6-8-10-12/h6-7,11H,4-5,8-10H2,1-3H3. The number of allylic oxidation sites excluding steroid dienone is 2. The Kier molecular flexibility index (Phi) is 4.63. The Morgan fingerprint density at radius 2 is 1.86 bits per heavy atom. The van der Waals surface area contributed by atoms with E-state index in [1.54, 1.807) is 0 Å². The summed E-state index contributed by atoms with van der Waals surface area (Å²) in [5.41, 5.74) is 0.167. The Balaban J connectivity index is 2.59. The summed E-state index contributed by atoms with van der Waals surface area (Å²) in [7, 11) is 0. The molecule has 1 atom stereocenters. The highest BCUT2D eigenvalue weighted by molar-refractivity contribution is 4.97. The highest BCUT2D eigenvalue weighted by Crippen LogP contribution is 2.37. The summed E-state index contributed by atoms with van der Waals surface area (Å²) < 4.78 is 11.3. The number of rotatable bonds is 5. The molecule has 0 aromatic rings. The molecule has 1 rings (SSSR count). The van der Waals surface area contributed by atoms with Crippen molar-refractivity contribution in [3.63, 3.8) is 0 Å². The number of hydrogen-bond acceptors (Lipinski definition) is 2. The SMILES string of the molecule is CCOC(OCC)C1(C)CC=CCC1. The molecule has 0 heterocycles. The maximum absolute atomic E-state index is 5.67. The van der Waals surface area contributed by atoms with Crippen molar-refractivity contribution in [1.82, 2.24) is 0 Å². The van der Waals surface area contributed by atoms with Gasteiger partial charge in [-0.1, -0.05) is 19.1 Å². The smallest absolute Gasteiger partial charge is 0.163 e. The van der Waals surface area contributed by atoms with Crippen molar-refractivity contribution in [2.45, 2.75) is 46.3 Å². The average Bonchev–Trinajstić information content (AvgIpc) is 2.19. The van der Waals surface area contributed by atoms with Gasteiger partial charge in [0.1, 0.15) is 0 Å². The Hall–Kier alpha value is -0.340. The molecule has 0 amide bonds. The predicted octanol–water partition coefficient (Wildman–Crippen LogP) is 3.13. The Morgan fingerprint density at radius 1 is 1.21 bits per heavy atom. The minimum atomic E-state index is -0.0394. The maximum Gasteiger partial charge on any atom is 0.163 e. The van der Waals surface area contributed by atoms with E-state index in [2.05, 4.69) is 19.1 Å². The molecular formula is C12H22O2. The molecule has 0 saturated carbocycles. The third-order valence-corrected chi connectivity index (χ3v) is 2.84. The van der Waals surface area contributed by atoms with Crippen LogP contribution in [0.15, 0.2) is 12.2 Å². The lowest BCUT2D eigenvalue weighted by atomic mass is 9.78. The summed E-state index contributed by atoms with van der Waals surface area (Å²) in [6.07, 6.45) is 7.83. The molecule has 1 aliphatic rings. The highest BCUT2D eigenvalue weighted by Gasteiger charge is 2.35. The fourth-order valence-electron chi connectivity index (χ4n) is 1.95. The van der Waals surface area contributed by atoms with Gasteiger partial charge < -0.3 is 9.47 Å². The summed E-state index contributed by atoms with van der Waals surface area (Å²) in [6, 6.07) is 0. The molecule has 82 valence electrons. The van der Waals surface area contributed by atoms with Crippen LogP contribution in [0.1, 0.15) is 40.0 Å². The van der Waals surface area contributed by atoms with E-state index in [4.69, 9.17) is 9.47 Å². The van der Waals surface area contributed by atoms with Gasteiger partial charge >= 0.3 is 0 Å². The second kappa shape index (κ2) is 5.52. The Bertz CT molecular complexity index is 183. The molecule has 14 heavy (non-hydrogen) atoms. The molecule has 0 radical (unpaired) electrons. The van der Waals surface area contributed by atoms with Crippen LogP contribution < -0.4 is 0 Å². The van der Waals surface area contributed by atoms with Crippen LogP contribution in [0.4, 0.5) is 0 Å². The van der Waals surface area contributed by atoms with Gasteiger partial charge in [0.25, 0.3) is 0 Å². The van der Waals surface area contributed by atoms with Crippen LogP contribution in [-0.4, -0.2) is 19.5 Å². The van der Waals surface area contributed by atoms with Gasteiger partial charge in [0.15, 0.2) is 6.29 Å². The van der Waals surface area contributed by atoms with Crippen molar-refractivity contribution in [3.05, 3.63) is 12.2 Å².